The van der Waals surface area contributed by atoms with Gasteiger partial charge in [0, 0.05) is 5.54 Å². The number of hydrogen-bond donors (Lipinski definition) is 0. The predicted octanol–water partition coefficient (Wildman–Crippen LogP) is 1.11. The van der Waals surface area contributed by atoms with Gasteiger partial charge in [0.2, 0.25) is 11.8 Å². The van der Waals surface area contributed by atoms with Gasteiger partial charge in [-0.2, -0.15) is 0 Å². The highest BCUT2D eigenvalue weighted by Crippen LogP contribution is 2.52. The predicted molar refractivity (Wildman–Crippen MR) is 61.0 cm³/mol. The summed E-state index contributed by atoms with van der Waals surface area (Å²) in [7, 11) is 0. The molecule has 2 bridgehead atoms. The summed E-state index contributed by atoms with van der Waals surface area (Å²) in [5, 5.41) is 0. The van der Waals surface area contributed by atoms with Crippen LogP contribution in [0.1, 0.15) is 27.7 Å². The van der Waals surface area contributed by atoms with Crippen LogP contribution >= 0.6 is 0 Å². The monoisotopic (exact) mass is 235 g/mol. The average Bonchev–Trinajstić information content (AvgIpc) is 2.74. The summed E-state index contributed by atoms with van der Waals surface area (Å²) in [5.74, 6) is -0.798. The molecule has 17 heavy (non-hydrogen) atoms. The van der Waals surface area contributed by atoms with E-state index in [0.29, 0.717) is 0 Å². The van der Waals surface area contributed by atoms with Gasteiger partial charge in [-0.15, -0.1) is 0 Å². The second-order valence-electron chi connectivity index (χ2n) is 6.31. The van der Waals surface area contributed by atoms with E-state index in [-0.39, 0.29) is 29.8 Å². The SMILES string of the molecule is CC12C=CC(O1)C1C(=O)N(C(C)(C)C)C(=O)C12. The van der Waals surface area contributed by atoms with Crippen LogP contribution < -0.4 is 0 Å². The number of carbonyl (C=O) groups excluding carboxylic acids is 2. The lowest BCUT2D eigenvalue weighted by molar-refractivity contribution is -0.149. The van der Waals surface area contributed by atoms with Gasteiger partial charge in [-0.3, -0.25) is 14.5 Å². The lowest BCUT2D eigenvalue weighted by Crippen LogP contribution is -2.48. The van der Waals surface area contributed by atoms with Crippen LogP contribution in [0.4, 0.5) is 0 Å². The number of hydrogen-bond acceptors (Lipinski definition) is 3. The summed E-state index contributed by atoms with van der Waals surface area (Å²) in [6, 6.07) is 0. The quantitative estimate of drug-likeness (QED) is 0.467. The van der Waals surface area contributed by atoms with Gasteiger partial charge in [-0.1, -0.05) is 12.2 Å². The Bertz CT molecular complexity index is 448. The van der Waals surface area contributed by atoms with Crippen LogP contribution in [0, 0.1) is 11.8 Å². The van der Waals surface area contributed by atoms with E-state index in [1.165, 1.54) is 4.90 Å². The maximum atomic E-state index is 12.4. The van der Waals surface area contributed by atoms with Crippen LogP contribution in [-0.2, 0) is 14.3 Å². The molecular formula is C13H17NO3. The standard InChI is InChI=1S/C13H17NO3/c1-12(2,3)14-10(15)8-7-5-6-13(4,17-7)9(8)11(14)16/h5-9H,1-4H3. The highest BCUT2D eigenvalue weighted by Gasteiger charge is 2.66. The van der Waals surface area contributed by atoms with Gasteiger partial charge in [-0.05, 0) is 27.7 Å². The average molecular weight is 235 g/mol. The lowest BCUT2D eigenvalue weighted by Gasteiger charge is -2.32. The number of carbonyl (C=O) groups is 2. The Morgan fingerprint density at radius 2 is 1.94 bits per heavy atom. The van der Waals surface area contributed by atoms with Crippen LogP contribution in [0.5, 0.6) is 0 Å². The number of nitrogens with zero attached hydrogens (tertiary/aromatic N) is 1. The molecule has 0 spiro atoms. The molecule has 0 N–H and O–H groups in total. The Hall–Kier alpha value is -1.16. The molecule has 2 fully saturated rings. The third-order valence-corrected chi connectivity index (χ3v) is 4.00. The van der Waals surface area contributed by atoms with E-state index in [1.54, 1.807) is 0 Å². The fourth-order valence-corrected chi connectivity index (χ4v) is 3.31. The second kappa shape index (κ2) is 2.80. The summed E-state index contributed by atoms with van der Waals surface area (Å²) >= 11 is 0. The summed E-state index contributed by atoms with van der Waals surface area (Å²) in [6.45, 7) is 7.57. The van der Waals surface area contributed by atoms with E-state index in [2.05, 4.69) is 0 Å². The highest BCUT2D eigenvalue weighted by atomic mass is 16.5. The van der Waals surface area contributed by atoms with E-state index < -0.39 is 11.1 Å². The molecule has 0 radical (unpaired) electrons. The summed E-state index contributed by atoms with van der Waals surface area (Å²) in [4.78, 5) is 26.2. The molecule has 3 aliphatic heterocycles. The third kappa shape index (κ3) is 1.16. The van der Waals surface area contributed by atoms with Gasteiger partial charge in [0.15, 0.2) is 0 Å². The minimum atomic E-state index is -0.581. The van der Waals surface area contributed by atoms with E-state index in [1.807, 2.05) is 39.8 Å². The summed E-state index contributed by atoms with van der Waals surface area (Å²) < 4.78 is 5.75. The fourth-order valence-electron chi connectivity index (χ4n) is 3.31. The molecule has 3 heterocycles. The molecule has 0 aromatic carbocycles. The smallest absolute Gasteiger partial charge is 0.236 e. The van der Waals surface area contributed by atoms with Crippen LogP contribution in [0.3, 0.4) is 0 Å². The number of imide groups is 1. The van der Waals surface area contributed by atoms with Crippen molar-refractivity contribution in [1.29, 1.82) is 0 Å². The molecule has 0 aliphatic carbocycles. The zero-order valence-corrected chi connectivity index (χ0v) is 10.6. The van der Waals surface area contributed by atoms with Crippen molar-refractivity contribution in [3.63, 3.8) is 0 Å². The minimum absolute atomic E-state index is 0.0782. The third-order valence-electron chi connectivity index (χ3n) is 4.00. The first kappa shape index (κ1) is 11.0. The Kier molecular flexibility index (Phi) is 1.81. The zero-order valence-electron chi connectivity index (χ0n) is 10.6. The number of rotatable bonds is 0. The van der Waals surface area contributed by atoms with Gasteiger partial charge in [0.1, 0.15) is 0 Å². The topological polar surface area (TPSA) is 46.6 Å². The Morgan fingerprint density at radius 3 is 2.47 bits per heavy atom. The lowest BCUT2D eigenvalue weighted by atomic mass is 9.78. The first-order valence-corrected chi connectivity index (χ1v) is 6.01. The Balaban J connectivity index is 2.06. The summed E-state index contributed by atoms with van der Waals surface area (Å²) in [5.41, 5.74) is -1.03. The Morgan fingerprint density at radius 1 is 1.29 bits per heavy atom. The van der Waals surface area contributed by atoms with Crippen molar-refractivity contribution in [3.8, 4) is 0 Å². The van der Waals surface area contributed by atoms with E-state index in [9.17, 15) is 9.59 Å². The molecule has 0 saturated carbocycles. The van der Waals surface area contributed by atoms with Crippen LogP contribution in [0.15, 0.2) is 12.2 Å². The van der Waals surface area contributed by atoms with Crippen molar-refractivity contribution in [2.24, 2.45) is 11.8 Å². The molecule has 0 aromatic heterocycles. The summed E-state index contributed by atoms with van der Waals surface area (Å²) in [6.07, 6.45) is 3.63. The molecule has 3 rings (SSSR count). The van der Waals surface area contributed by atoms with Crippen LogP contribution in [0.25, 0.3) is 0 Å². The Labute approximate surface area is 101 Å². The molecule has 3 aliphatic rings. The van der Waals surface area contributed by atoms with Crippen molar-refractivity contribution >= 4 is 11.8 Å². The maximum Gasteiger partial charge on any atom is 0.236 e. The molecule has 0 aromatic rings. The second-order valence-corrected chi connectivity index (χ2v) is 6.31. The number of ether oxygens (including phenoxy) is 1. The van der Waals surface area contributed by atoms with Gasteiger partial charge >= 0.3 is 0 Å². The molecule has 2 amide bonds. The van der Waals surface area contributed by atoms with Crippen LogP contribution in [0.2, 0.25) is 0 Å². The first-order valence-electron chi connectivity index (χ1n) is 6.01. The molecular weight excluding hydrogens is 218 g/mol. The van der Waals surface area contributed by atoms with E-state index in [4.69, 9.17) is 4.74 Å². The molecule has 4 heteroatoms. The minimum Gasteiger partial charge on any atom is -0.362 e. The maximum absolute atomic E-state index is 12.4. The normalized spacial score (nSPS) is 43.8. The number of likely N-dealkylation sites (tertiary alicyclic amines) is 1. The van der Waals surface area contributed by atoms with Crippen molar-refractivity contribution in [2.45, 2.75) is 44.9 Å². The van der Waals surface area contributed by atoms with Crippen molar-refractivity contribution in [1.82, 2.24) is 4.90 Å². The molecule has 4 nitrogen and oxygen atoms in total. The van der Waals surface area contributed by atoms with Gasteiger partial charge < -0.3 is 4.74 Å². The molecule has 4 unspecified atom stereocenters. The highest BCUT2D eigenvalue weighted by molar-refractivity contribution is 6.07. The number of fused-ring (bicyclic) bond motifs is 5. The number of amides is 2. The van der Waals surface area contributed by atoms with Crippen molar-refractivity contribution < 1.29 is 14.3 Å². The van der Waals surface area contributed by atoms with Gasteiger partial charge in [0.25, 0.3) is 0 Å². The van der Waals surface area contributed by atoms with Gasteiger partial charge in [-0.25, -0.2) is 0 Å². The van der Waals surface area contributed by atoms with E-state index in [0.717, 1.165) is 0 Å². The van der Waals surface area contributed by atoms with Gasteiger partial charge in [0.05, 0.1) is 23.5 Å². The van der Waals surface area contributed by atoms with E-state index >= 15 is 0 Å². The molecule has 2 saturated heterocycles. The molecule has 4 atom stereocenters. The fraction of sp³-hybridized carbons (Fsp3) is 0.692. The van der Waals surface area contributed by atoms with Crippen LogP contribution in [-0.4, -0.2) is 34.0 Å². The molecule has 92 valence electrons. The van der Waals surface area contributed by atoms with Crippen molar-refractivity contribution in [3.05, 3.63) is 12.2 Å². The first-order chi connectivity index (χ1) is 7.76. The zero-order chi connectivity index (χ0) is 12.6. The largest absolute Gasteiger partial charge is 0.362 e. The van der Waals surface area contributed by atoms with Crippen molar-refractivity contribution in [2.75, 3.05) is 0 Å².